The predicted molar refractivity (Wildman–Crippen MR) is 131 cm³/mol. The number of hydrogen-bond donors (Lipinski definition) is 2. The highest BCUT2D eigenvalue weighted by molar-refractivity contribution is 14.0. The predicted octanol–water partition coefficient (Wildman–Crippen LogP) is 4.39. The molecule has 2 aromatic rings. The fourth-order valence-corrected chi connectivity index (χ4v) is 4.21. The molecule has 1 aliphatic rings. The molecular formula is C21H32IN5S. The number of guanidine groups is 1. The Morgan fingerprint density at radius 3 is 2.68 bits per heavy atom. The Hall–Kier alpha value is -1.35. The molecule has 1 fully saturated rings. The Bertz CT molecular complexity index is 754. The van der Waals surface area contributed by atoms with Crippen LogP contribution in [-0.4, -0.2) is 37.1 Å². The summed E-state index contributed by atoms with van der Waals surface area (Å²) in [4.78, 5) is 11.6. The summed E-state index contributed by atoms with van der Waals surface area (Å²) in [6.07, 6.45) is 2.35. The van der Waals surface area contributed by atoms with Crippen LogP contribution in [0.25, 0.3) is 0 Å². The molecule has 0 bridgehead atoms. The normalized spacial score (nSPS) is 17.8. The van der Waals surface area contributed by atoms with Crippen molar-refractivity contribution in [3.8, 4) is 0 Å². The topological polar surface area (TPSA) is 52.6 Å². The quantitative estimate of drug-likeness (QED) is 0.362. The van der Waals surface area contributed by atoms with Gasteiger partial charge in [0.15, 0.2) is 5.96 Å². The lowest BCUT2D eigenvalue weighted by Crippen LogP contribution is -2.51. The van der Waals surface area contributed by atoms with E-state index in [1.54, 1.807) is 11.3 Å². The van der Waals surface area contributed by atoms with Crippen molar-refractivity contribution >= 4 is 47.0 Å². The second-order valence-electron chi connectivity index (χ2n) is 8.07. The zero-order valence-corrected chi connectivity index (χ0v) is 20.4. The molecule has 1 aromatic heterocycles. The van der Waals surface area contributed by atoms with Gasteiger partial charge in [0.25, 0.3) is 0 Å². The number of benzene rings is 1. The molecule has 0 spiro atoms. The van der Waals surface area contributed by atoms with E-state index in [0.717, 1.165) is 36.2 Å². The lowest BCUT2D eigenvalue weighted by molar-refractivity contribution is 0.468. The minimum Gasteiger partial charge on any atom is -0.369 e. The summed E-state index contributed by atoms with van der Waals surface area (Å²) in [6.45, 7) is 9.40. The number of rotatable bonds is 4. The zero-order valence-electron chi connectivity index (χ0n) is 17.2. The molecule has 28 heavy (non-hydrogen) atoms. The van der Waals surface area contributed by atoms with Gasteiger partial charge in [-0.05, 0) is 25.0 Å². The van der Waals surface area contributed by atoms with E-state index in [2.05, 4.69) is 77.0 Å². The van der Waals surface area contributed by atoms with Crippen molar-refractivity contribution in [1.82, 2.24) is 15.6 Å². The van der Waals surface area contributed by atoms with Crippen LogP contribution in [0.5, 0.6) is 0 Å². The standard InChI is InChI=1S/C21H31N5S.HI/c1-21(2,3)18-15-27-19(25-18)13-23-20(22-4)24-16-9-8-12-26(14-16)17-10-6-5-7-11-17;/h5-7,10-11,15-16H,8-9,12-14H2,1-4H3,(H2,22,23,24);1H. The number of para-hydroxylation sites is 1. The summed E-state index contributed by atoms with van der Waals surface area (Å²) in [6, 6.07) is 11.0. The van der Waals surface area contributed by atoms with Crippen molar-refractivity contribution in [3.05, 3.63) is 46.4 Å². The van der Waals surface area contributed by atoms with Crippen LogP contribution in [0.2, 0.25) is 0 Å². The highest BCUT2D eigenvalue weighted by Crippen LogP contribution is 2.24. The molecule has 7 heteroatoms. The van der Waals surface area contributed by atoms with Crippen LogP contribution >= 0.6 is 35.3 Å². The Balaban J connectivity index is 0.00000280. The van der Waals surface area contributed by atoms with Gasteiger partial charge in [0, 0.05) is 42.7 Å². The van der Waals surface area contributed by atoms with Crippen LogP contribution in [0.15, 0.2) is 40.7 Å². The third-order valence-electron chi connectivity index (χ3n) is 4.83. The van der Waals surface area contributed by atoms with E-state index in [0.29, 0.717) is 12.6 Å². The summed E-state index contributed by atoms with van der Waals surface area (Å²) in [7, 11) is 1.83. The molecule has 0 saturated carbocycles. The minimum atomic E-state index is 0. The molecule has 0 amide bonds. The van der Waals surface area contributed by atoms with Gasteiger partial charge < -0.3 is 15.5 Å². The van der Waals surface area contributed by atoms with Crippen LogP contribution in [0.1, 0.15) is 44.3 Å². The van der Waals surface area contributed by atoms with Gasteiger partial charge in [0.2, 0.25) is 0 Å². The first-order chi connectivity index (χ1) is 13.0. The number of halogens is 1. The van der Waals surface area contributed by atoms with Crippen LogP contribution in [0.4, 0.5) is 5.69 Å². The zero-order chi connectivity index (χ0) is 19.3. The summed E-state index contributed by atoms with van der Waals surface area (Å²) in [5.74, 6) is 0.849. The van der Waals surface area contributed by atoms with Crippen molar-refractivity contribution in [2.24, 2.45) is 4.99 Å². The van der Waals surface area contributed by atoms with E-state index in [9.17, 15) is 0 Å². The lowest BCUT2D eigenvalue weighted by Gasteiger charge is -2.35. The molecular weight excluding hydrogens is 481 g/mol. The second-order valence-corrected chi connectivity index (χ2v) is 9.01. The number of nitrogens with one attached hydrogen (secondary N) is 2. The molecule has 1 aromatic carbocycles. The van der Waals surface area contributed by atoms with Crippen molar-refractivity contribution in [2.75, 3.05) is 25.0 Å². The molecule has 1 unspecified atom stereocenters. The van der Waals surface area contributed by atoms with Crippen LogP contribution < -0.4 is 15.5 Å². The van der Waals surface area contributed by atoms with Gasteiger partial charge in [-0.3, -0.25) is 4.99 Å². The van der Waals surface area contributed by atoms with E-state index < -0.39 is 0 Å². The Morgan fingerprint density at radius 1 is 1.29 bits per heavy atom. The average molecular weight is 513 g/mol. The molecule has 1 aliphatic heterocycles. The smallest absolute Gasteiger partial charge is 0.191 e. The van der Waals surface area contributed by atoms with Gasteiger partial charge in [-0.25, -0.2) is 4.98 Å². The highest BCUT2D eigenvalue weighted by Gasteiger charge is 2.21. The van der Waals surface area contributed by atoms with Crippen molar-refractivity contribution in [1.29, 1.82) is 0 Å². The van der Waals surface area contributed by atoms with E-state index in [1.165, 1.54) is 12.1 Å². The fraction of sp³-hybridized carbons (Fsp3) is 0.524. The first-order valence-corrected chi connectivity index (χ1v) is 10.6. The number of aromatic nitrogens is 1. The van der Waals surface area contributed by atoms with Gasteiger partial charge in [-0.1, -0.05) is 39.0 Å². The molecule has 5 nitrogen and oxygen atoms in total. The number of piperidine rings is 1. The third-order valence-corrected chi connectivity index (χ3v) is 5.68. The number of anilines is 1. The number of hydrogen-bond acceptors (Lipinski definition) is 4. The molecule has 1 atom stereocenters. The first kappa shape index (κ1) is 22.9. The maximum atomic E-state index is 4.75. The SMILES string of the molecule is CN=C(NCc1nc(C(C)(C)C)cs1)NC1CCCN(c2ccccc2)C1.I. The van der Waals surface area contributed by atoms with Crippen molar-refractivity contribution in [3.63, 3.8) is 0 Å². The largest absolute Gasteiger partial charge is 0.369 e. The van der Waals surface area contributed by atoms with Crippen molar-refractivity contribution in [2.45, 2.75) is 51.6 Å². The summed E-state index contributed by atoms with van der Waals surface area (Å²) >= 11 is 1.71. The summed E-state index contributed by atoms with van der Waals surface area (Å²) < 4.78 is 0. The number of nitrogens with zero attached hydrogens (tertiary/aromatic N) is 3. The molecule has 0 radical (unpaired) electrons. The molecule has 0 aliphatic carbocycles. The van der Waals surface area contributed by atoms with Gasteiger partial charge in [-0.15, -0.1) is 35.3 Å². The van der Waals surface area contributed by atoms with Gasteiger partial charge in [-0.2, -0.15) is 0 Å². The minimum absolute atomic E-state index is 0. The van der Waals surface area contributed by atoms with Crippen LogP contribution in [-0.2, 0) is 12.0 Å². The van der Waals surface area contributed by atoms with E-state index in [4.69, 9.17) is 4.98 Å². The Kier molecular flexibility index (Phi) is 8.55. The van der Waals surface area contributed by atoms with Crippen molar-refractivity contribution < 1.29 is 0 Å². The molecule has 154 valence electrons. The monoisotopic (exact) mass is 513 g/mol. The average Bonchev–Trinajstić information content (AvgIpc) is 3.15. The van der Waals surface area contributed by atoms with Gasteiger partial charge in [0.05, 0.1) is 12.2 Å². The van der Waals surface area contributed by atoms with Gasteiger partial charge >= 0.3 is 0 Å². The maximum Gasteiger partial charge on any atom is 0.191 e. The van der Waals surface area contributed by atoms with Crippen LogP contribution in [0, 0.1) is 0 Å². The maximum absolute atomic E-state index is 4.75. The van der Waals surface area contributed by atoms with Crippen LogP contribution in [0.3, 0.4) is 0 Å². The Morgan fingerprint density at radius 2 is 2.04 bits per heavy atom. The van der Waals surface area contributed by atoms with E-state index >= 15 is 0 Å². The molecule has 3 rings (SSSR count). The second kappa shape index (κ2) is 10.4. The highest BCUT2D eigenvalue weighted by atomic mass is 127. The molecule has 2 N–H and O–H groups in total. The lowest BCUT2D eigenvalue weighted by atomic mass is 9.93. The molecule has 2 heterocycles. The summed E-state index contributed by atoms with van der Waals surface area (Å²) in [5.41, 5.74) is 2.54. The fourth-order valence-electron chi connectivity index (χ4n) is 3.25. The number of aliphatic imine (C=N–C) groups is 1. The Labute approximate surface area is 190 Å². The third kappa shape index (κ3) is 6.34. The summed E-state index contributed by atoms with van der Waals surface area (Å²) in [5, 5.41) is 10.3. The first-order valence-electron chi connectivity index (χ1n) is 9.68. The number of thiazole rings is 1. The molecule has 1 saturated heterocycles. The van der Waals surface area contributed by atoms with E-state index in [-0.39, 0.29) is 29.4 Å². The van der Waals surface area contributed by atoms with Gasteiger partial charge in [0.1, 0.15) is 5.01 Å². The van der Waals surface area contributed by atoms with E-state index in [1.807, 2.05) is 7.05 Å².